The van der Waals surface area contributed by atoms with Gasteiger partial charge in [-0.15, -0.1) is 0 Å². The van der Waals surface area contributed by atoms with Crippen LogP contribution in [0, 0.1) is 6.92 Å². The van der Waals surface area contributed by atoms with Crippen molar-refractivity contribution in [2.45, 2.75) is 6.92 Å². The van der Waals surface area contributed by atoms with Crippen LogP contribution < -0.4 is 14.2 Å². The highest BCUT2D eigenvalue weighted by atomic mass is 35.5. The van der Waals surface area contributed by atoms with Gasteiger partial charge in [0, 0.05) is 5.56 Å². The van der Waals surface area contributed by atoms with Crippen LogP contribution in [0.2, 0.25) is 0 Å². The summed E-state index contributed by atoms with van der Waals surface area (Å²) in [6.07, 6.45) is 1.71. The van der Waals surface area contributed by atoms with Crippen LogP contribution in [0.3, 0.4) is 0 Å². The predicted molar refractivity (Wildman–Crippen MR) is 97.3 cm³/mol. The lowest BCUT2D eigenvalue weighted by molar-refractivity contribution is 0.171. The van der Waals surface area contributed by atoms with Gasteiger partial charge in [-0.3, -0.25) is 0 Å². The maximum Gasteiger partial charge on any atom is 0.269 e. The first kappa shape index (κ1) is 16.5. The number of hydrogen-bond donors (Lipinski definition) is 0. The smallest absolute Gasteiger partial charge is 0.269 e. The molecular weight excluding hydrogens is 356 g/mol. The molecular formula is C19H15ClN2O4. The van der Waals surface area contributed by atoms with Crippen molar-refractivity contribution in [3.05, 3.63) is 53.4 Å². The molecule has 1 aliphatic rings. The number of hydrogen-bond acceptors (Lipinski definition) is 6. The molecule has 0 bridgehead atoms. The molecule has 2 aromatic carbocycles. The van der Waals surface area contributed by atoms with Crippen LogP contribution in [-0.4, -0.2) is 24.0 Å². The minimum atomic E-state index is 0.163. The summed E-state index contributed by atoms with van der Waals surface area (Å²) in [5.74, 6) is 2.49. The van der Waals surface area contributed by atoms with Gasteiger partial charge >= 0.3 is 0 Å². The summed E-state index contributed by atoms with van der Waals surface area (Å²) in [6.45, 7) is 2.15. The van der Waals surface area contributed by atoms with E-state index in [1.54, 1.807) is 19.3 Å². The van der Waals surface area contributed by atoms with Crippen molar-refractivity contribution in [2.75, 3.05) is 13.9 Å². The van der Waals surface area contributed by atoms with Crippen molar-refractivity contribution in [1.82, 2.24) is 10.1 Å². The third kappa shape index (κ3) is 2.99. The monoisotopic (exact) mass is 370 g/mol. The van der Waals surface area contributed by atoms with E-state index in [-0.39, 0.29) is 12.7 Å². The predicted octanol–water partition coefficient (Wildman–Crippen LogP) is 4.52. The second-order valence-corrected chi connectivity index (χ2v) is 6.09. The zero-order chi connectivity index (χ0) is 18.1. The highest BCUT2D eigenvalue weighted by Crippen LogP contribution is 2.42. The van der Waals surface area contributed by atoms with E-state index in [0.29, 0.717) is 28.1 Å². The fourth-order valence-corrected chi connectivity index (χ4v) is 2.90. The summed E-state index contributed by atoms with van der Waals surface area (Å²) in [4.78, 5) is 4.39. The van der Waals surface area contributed by atoms with Gasteiger partial charge < -0.3 is 18.7 Å². The van der Waals surface area contributed by atoms with E-state index in [0.717, 1.165) is 16.7 Å². The van der Waals surface area contributed by atoms with Gasteiger partial charge in [-0.05, 0) is 36.3 Å². The number of rotatable bonds is 4. The Morgan fingerprint density at radius 3 is 2.88 bits per heavy atom. The molecule has 0 unspecified atom stereocenters. The lowest BCUT2D eigenvalue weighted by Gasteiger charge is -2.05. The summed E-state index contributed by atoms with van der Waals surface area (Å²) in [7, 11) is 1.57. The molecule has 6 nitrogen and oxygen atoms in total. The van der Waals surface area contributed by atoms with E-state index >= 15 is 0 Å². The van der Waals surface area contributed by atoms with Gasteiger partial charge in [-0.2, -0.15) is 4.98 Å². The third-order valence-electron chi connectivity index (χ3n) is 3.99. The van der Waals surface area contributed by atoms with Crippen molar-refractivity contribution in [2.24, 2.45) is 0 Å². The molecule has 26 heavy (non-hydrogen) atoms. The fraction of sp³-hybridized carbons (Fsp3) is 0.158. The first-order chi connectivity index (χ1) is 12.7. The topological polar surface area (TPSA) is 66.6 Å². The van der Waals surface area contributed by atoms with E-state index in [9.17, 15) is 0 Å². The van der Waals surface area contributed by atoms with Crippen molar-refractivity contribution >= 4 is 22.7 Å². The number of ether oxygens (including phenoxy) is 3. The van der Waals surface area contributed by atoms with Crippen molar-refractivity contribution in [3.8, 4) is 28.6 Å². The molecule has 1 aliphatic heterocycles. The fourth-order valence-electron chi connectivity index (χ4n) is 2.69. The van der Waals surface area contributed by atoms with E-state index in [4.69, 9.17) is 30.3 Å². The number of aromatic nitrogens is 2. The maximum absolute atomic E-state index is 6.38. The highest BCUT2D eigenvalue weighted by molar-refractivity contribution is 6.50. The first-order valence-electron chi connectivity index (χ1n) is 7.90. The minimum Gasteiger partial charge on any atom is -0.493 e. The van der Waals surface area contributed by atoms with Gasteiger partial charge in [-0.25, -0.2) is 0 Å². The molecule has 0 spiro atoms. The standard InChI is InChI=1S/C19H15ClN2O4/c1-11-5-3-4-6-13(11)18-21-19(26-22-18)14(20)7-12-8-15(23-2)17-16(9-12)24-10-25-17/h3-9H,10H2,1-2H3/b14-7-. The molecule has 0 saturated heterocycles. The zero-order valence-corrected chi connectivity index (χ0v) is 14.9. The number of benzene rings is 2. The molecule has 7 heteroatoms. The Kier molecular flexibility index (Phi) is 4.26. The normalized spacial score (nSPS) is 13.1. The molecule has 0 radical (unpaired) electrons. The maximum atomic E-state index is 6.38. The largest absolute Gasteiger partial charge is 0.493 e. The van der Waals surface area contributed by atoms with Crippen LogP contribution in [0.1, 0.15) is 17.0 Å². The van der Waals surface area contributed by atoms with E-state index < -0.39 is 0 Å². The lowest BCUT2D eigenvalue weighted by atomic mass is 10.1. The number of nitrogens with zero attached hydrogens (tertiary/aromatic N) is 2. The van der Waals surface area contributed by atoms with Gasteiger partial charge in [0.1, 0.15) is 5.03 Å². The Balaban J connectivity index is 1.66. The van der Waals surface area contributed by atoms with E-state index in [1.165, 1.54) is 0 Å². The average Bonchev–Trinajstić information content (AvgIpc) is 3.30. The van der Waals surface area contributed by atoms with Crippen LogP contribution in [0.25, 0.3) is 22.5 Å². The van der Waals surface area contributed by atoms with Crippen molar-refractivity contribution in [1.29, 1.82) is 0 Å². The Morgan fingerprint density at radius 1 is 1.23 bits per heavy atom. The SMILES string of the molecule is COc1cc(/C=C(\Cl)c2nc(-c3ccccc3C)no2)cc2c1OCO2. The summed E-state index contributed by atoms with van der Waals surface area (Å²) in [6, 6.07) is 11.4. The zero-order valence-electron chi connectivity index (χ0n) is 14.2. The van der Waals surface area contributed by atoms with Crippen molar-refractivity contribution in [3.63, 3.8) is 0 Å². The van der Waals surface area contributed by atoms with Crippen molar-refractivity contribution < 1.29 is 18.7 Å². The van der Waals surface area contributed by atoms with Gasteiger partial charge in [0.15, 0.2) is 11.5 Å². The summed E-state index contributed by atoms with van der Waals surface area (Å²) < 4.78 is 21.4. The van der Waals surface area contributed by atoms with Gasteiger partial charge in [-0.1, -0.05) is 41.0 Å². The second kappa shape index (κ2) is 6.72. The molecule has 132 valence electrons. The molecule has 0 amide bonds. The Morgan fingerprint density at radius 2 is 2.08 bits per heavy atom. The molecule has 1 aromatic heterocycles. The summed E-state index contributed by atoms with van der Waals surface area (Å²) in [5, 5.41) is 4.34. The Labute approximate surface area is 155 Å². The molecule has 0 saturated carbocycles. The molecule has 0 aliphatic carbocycles. The molecule has 2 heterocycles. The second-order valence-electron chi connectivity index (χ2n) is 5.69. The van der Waals surface area contributed by atoms with E-state index in [1.807, 2.05) is 37.3 Å². The summed E-state index contributed by atoms with van der Waals surface area (Å²) >= 11 is 6.38. The van der Waals surface area contributed by atoms with Crippen LogP contribution in [0.15, 0.2) is 40.9 Å². The number of methoxy groups -OCH3 is 1. The van der Waals surface area contributed by atoms with Gasteiger partial charge in [0.25, 0.3) is 5.89 Å². The van der Waals surface area contributed by atoms with Crippen LogP contribution in [0.4, 0.5) is 0 Å². The highest BCUT2D eigenvalue weighted by Gasteiger charge is 2.20. The van der Waals surface area contributed by atoms with Crippen LogP contribution in [-0.2, 0) is 0 Å². The molecule has 0 N–H and O–H groups in total. The quantitative estimate of drug-likeness (QED) is 0.672. The molecule has 3 aromatic rings. The number of aryl methyl sites for hydroxylation is 1. The minimum absolute atomic E-state index is 0.163. The first-order valence-corrected chi connectivity index (χ1v) is 8.28. The third-order valence-corrected chi connectivity index (χ3v) is 4.26. The van der Waals surface area contributed by atoms with E-state index in [2.05, 4.69) is 10.1 Å². The molecule has 0 atom stereocenters. The van der Waals surface area contributed by atoms with Gasteiger partial charge in [0.2, 0.25) is 18.4 Å². The lowest BCUT2D eigenvalue weighted by Crippen LogP contribution is -1.93. The average molecular weight is 371 g/mol. The van der Waals surface area contributed by atoms with Crippen LogP contribution in [0.5, 0.6) is 17.2 Å². The molecule has 0 fully saturated rings. The number of halogens is 1. The Bertz CT molecular complexity index is 997. The van der Waals surface area contributed by atoms with Crippen LogP contribution >= 0.6 is 11.6 Å². The Hall–Kier alpha value is -2.99. The van der Waals surface area contributed by atoms with Gasteiger partial charge in [0.05, 0.1) is 7.11 Å². The summed E-state index contributed by atoms with van der Waals surface area (Å²) in [5.41, 5.74) is 2.73. The number of fused-ring (bicyclic) bond motifs is 1. The molecule has 4 rings (SSSR count).